The predicted molar refractivity (Wildman–Crippen MR) is 147 cm³/mol. The molecule has 2 aromatic carbocycles. The molecule has 202 valence electrons. The standard InChI is InChI=1S/C29H31N5O4S/c1-18(2)38-25-12-11-19(15-20(25)16-30)27-31-32-28(39-27)23-9-5-8-22-21(23)7-6-10-24(22)34(29(36)37)17-26(35)33-13-3-4-14-33/h5,8-9,11-12,15,18,24H,3-4,6-7,10,13-14,17H2,1-2H3,(H,36,37). The van der Waals surface area contributed by atoms with Crippen molar-refractivity contribution in [3.63, 3.8) is 0 Å². The van der Waals surface area contributed by atoms with Gasteiger partial charge in [-0.15, -0.1) is 10.2 Å². The third-order valence-corrected chi connectivity index (χ3v) is 8.23. The van der Waals surface area contributed by atoms with Gasteiger partial charge in [0.25, 0.3) is 0 Å². The van der Waals surface area contributed by atoms with Crippen molar-refractivity contribution in [2.24, 2.45) is 0 Å². The number of rotatable bonds is 7. The number of benzene rings is 2. The lowest BCUT2D eigenvalue weighted by molar-refractivity contribution is -0.131. The Kier molecular flexibility index (Phi) is 7.79. The zero-order valence-electron chi connectivity index (χ0n) is 22.1. The second-order valence-electron chi connectivity index (χ2n) is 10.2. The quantitative estimate of drug-likeness (QED) is 0.416. The average Bonchev–Trinajstić information content (AvgIpc) is 3.64. The van der Waals surface area contributed by atoms with E-state index in [4.69, 9.17) is 4.74 Å². The van der Waals surface area contributed by atoms with E-state index in [9.17, 15) is 20.0 Å². The number of nitrogens with zero attached hydrogens (tertiary/aromatic N) is 5. The second-order valence-corrected chi connectivity index (χ2v) is 11.2. The van der Waals surface area contributed by atoms with E-state index >= 15 is 0 Å². The third kappa shape index (κ3) is 5.59. The fraction of sp³-hybridized carbons (Fsp3) is 0.414. The Morgan fingerprint density at radius 1 is 1.18 bits per heavy atom. The molecule has 2 aliphatic rings. The summed E-state index contributed by atoms with van der Waals surface area (Å²) < 4.78 is 5.74. The molecule has 9 nitrogen and oxygen atoms in total. The van der Waals surface area contributed by atoms with E-state index in [1.165, 1.54) is 16.2 Å². The first-order chi connectivity index (χ1) is 18.9. The van der Waals surface area contributed by atoms with Gasteiger partial charge in [0.2, 0.25) is 5.91 Å². The van der Waals surface area contributed by atoms with Crippen LogP contribution in [0.2, 0.25) is 0 Å². The van der Waals surface area contributed by atoms with Crippen molar-refractivity contribution in [2.45, 2.75) is 58.1 Å². The van der Waals surface area contributed by atoms with Crippen LogP contribution < -0.4 is 4.74 Å². The highest BCUT2D eigenvalue weighted by atomic mass is 32.1. The van der Waals surface area contributed by atoms with Crippen LogP contribution in [0.15, 0.2) is 36.4 Å². The smallest absolute Gasteiger partial charge is 0.408 e. The summed E-state index contributed by atoms with van der Waals surface area (Å²) in [6.45, 7) is 5.09. The van der Waals surface area contributed by atoms with Crippen LogP contribution >= 0.6 is 11.3 Å². The first-order valence-electron chi connectivity index (χ1n) is 13.3. The van der Waals surface area contributed by atoms with E-state index in [-0.39, 0.29) is 18.6 Å². The highest BCUT2D eigenvalue weighted by molar-refractivity contribution is 7.17. The Morgan fingerprint density at radius 2 is 1.95 bits per heavy atom. The molecular weight excluding hydrogens is 514 g/mol. The van der Waals surface area contributed by atoms with Crippen molar-refractivity contribution in [3.8, 4) is 33.0 Å². The lowest BCUT2D eigenvalue weighted by Crippen LogP contribution is -2.44. The summed E-state index contributed by atoms with van der Waals surface area (Å²) >= 11 is 1.43. The highest BCUT2D eigenvalue weighted by Gasteiger charge is 2.33. The lowest BCUT2D eigenvalue weighted by atomic mass is 9.84. The fourth-order valence-corrected chi connectivity index (χ4v) is 6.32. The highest BCUT2D eigenvalue weighted by Crippen LogP contribution is 2.41. The zero-order chi connectivity index (χ0) is 27.5. The number of ether oxygens (including phenoxy) is 1. The van der Waals surface area contributed by atoms with Crippen LogP contribution in [0.1, 0.15) is 62.3 Å². The Balaban J connectivity index is 1.43. The van der Waals surface area contributed by atoms with Gasteiger partial charge < -0.3 is 14.7 Å². The normalized spacial score (nSPS) is 16.6. The maximum absolute atomic E-state index is 12.8. The average molecular weight is 546 g/mol. The van der Waals surface area contributed by atoms with E-state index in [1.54, 1.807) is 17.0 Å². The molecule has 39 heavy (non-hydrogen) atoms. The summed E-state index contributed by atoms with van der Waals surface area (Å²) in [4.78, 5) is 28.2. The first-order valence-corrected chi connectivity index (χ1v) is 14.1. The van der Waals surface area contributed by atoms with Crippen LogP contribution in [0.5, 0.6) is 5.75 Å². The van der Waals surface area contributed by atoms with E-state index in [0.717, 1.165) is 52.9 Å². The van der Waals surface area contributed by atoms with Crippen molar-refractivity contribution in [3.05, 3.63) is 53.1 Å². The number of carboxylic acid groups (broad SMARTS) is 1. The van der Waals surface area contributed by atoms with Gasteiger partial charge in [0, 0.05) is 24.2 Å². The molecule has 1 aliphatic carbocycles. The molecule has 2 heterocycles. The number of hydrogen-bond acceptors (Lipinski definition) is 7. The molecule has 0 radical (unpaired) electrons. The molecule has 1 fully saturated rings. The number of carbonyl (C=O) groups is 2. The van der Waals surface area contributed by atoms with Crippen LogP contribution in [0, 0.1) is 11.3 Å². The van der Waals surface area contributed by atoms with Crippen LogP contribution in [-0.2, 0) is 11.2 Å². The molecule has 0 bridgehead atoms. The number of hydrogen-bond donors (Lipinski definition) is 1. The van der Waals surface area contributed by atoms with Gasteiger partial charge in [-0.05, 0) is 75.3 Å². The summed E-state index contributed by atoms with van der Waals surface area (Å²) in [6.07, 6.45) is 3.08. The van der Waals surface area contributed by atoms with Crippen molar-refractivity contribution >= 4 is 23.3 Å². The summed E-state index contributed by atoms with van der Waals surface area (Å²) in [5.41, 5.74) is 4.13. The Morgan fingerprint density at radius 3 is 2.67 bits per heavy atom. The number of likely N-dealkylation sites (tertiary alicyclic amines) is 1. The van der Waals surface area contributed by atoms with Crippen molar-refractivity contribution in [2.75, 3.05) is 19.6 Å². The minimum absolute atomic E-state index is 0.0421. The minimum Gasteiger partial charge on any atom is -0.490 e. The van der Waals surface area contributed by atoms with E-state index in [0.29, 0.717) is 35.8 Å². The van der Waals surface area contributed by atoms with E-state index < -0.39 is 12.1 Å². The summed E-state index contributed by atoms with van der Waals surface area (Å²) in [5, 5.41) is 30.0. The number of nitriles is 1. The summed E-state index contributed by atoms with van der Waals surface area (Å²) in [6, 6.07) is 13.1. The van der Waals surface area contributed by atoms with Gasteiger partial charge in [-0.1, -0.05) is 29.5 Å². The van der Waals surface area contributed by atoms with Crippen LogP contribution in [0.4, 0.5) is 4.79 Å². The predicted octanol–water partition coefficient (Wildman–Crippen LogP) is 5.51. The molecule has 0 spiro atoms. The molecular formula is C29H31N5O4S. The van der Waals surface area contributed by atoms with Crippen molar-refractivity contribution in [1.82, 2.24) is 20.0 Å². The van der Waals surface area contributed by atoms with Gasteiger partial charge in [-0.3, -0.25) is 9.69 Å². The molecule has 10 heteroatoms. The molecule has 1 saturated heterocycles. The molecule has 0 saturated carbocycles. The van der Waals surface area contributed by atoms with Gasteiger partial charge >= 0.3 is 6.09 Å². The van der Waals surface area contributed by atoms with Crippen LogP contribution in [-0.4, -0.2) is 62.8 Å². The van der Waals surface area contributed by atoms with Gasteiger partial charge in [-0.25, -0.2) is 4.79 Å². The molecule has 2 amide bonds. The van der Waals surface area contributed by atoms with Crippen molar-refractivity contribution < 1.29 is 19.4 Å². The number of fused-ring (bicyclic) bond motifs is 1. The van der Waals surface area contributed by atoms with Gasteiger partial charge in [0.15, 0.2) is 0 Å². The van der Waals surface area contributed by atoms with Crippen LogP contribution in [0.25, 0.3) is 21.1 Å². The van der Waals surface area contributed by atoms with Gasteiger partial charge in [-0.2, -0.15) is 5.26 Å². The molecule has 3 aromatic rings. The summed E-state index contributed by atoms with van der Waals surface area (Å²) in [5.74, 6) is 0.406. The Hall–Kier alpha value is -3.97. The monoisotopic (exact) mass is 545 g/mol. The topological polar surface area (TPSA) is 120 Å². The fourth-order valence-electron chi connectivity index (χ4n) is 5.43. The molecule has 1 unspecified atom stereocenters. The second kappa shape index (κ2) is 11.4. The number of carbonyl (C=O) groups excluding carboxylic acids is 1. The molecule has 1 aromatic heterocycles. The largest absolute Gasteiger partial charge is 0.490 e. The maximum Gasteiger partial charge on any atom is 0.408 e. The molecule has 1 N–H and O–H groups in total. The maximum atomic E-state index is 12.8. The van der Waals surface area contributed by atoms with Crippen molar-refractivity contribution in [1.29, 1.82) is 5.26 Å². The lowest BCUT2D eigenvalue weighted by Gasteiger charge is -2.35. The Labute approximate surface area is 231 Å². The molecule has 5 rings (SSSR count). The third-order valence-electron chi connectivity index (χ3n) is 7.23. The minimum atomic E-state index is -1.08. The van der Waals surface area contributed by atoms with Gasteiger partial charge in [0.05, 0.1) is 17.7 Å². The van der Waals surface area contributed by atoms with E-state index in [2.05, 4.69) is 16.3 Å². The van der Waals surface area contributed by atoms with E-state index in [1.807, 2.05) is 38.1 Å². The molecule has 1 aliphatic heterocycles. The SMILES string of the molecule is CC(C)Oc1ccc(-c2nnc(-c3cccc4c3CCCC4N(CC(=O)N3CCCC3)C(=O)O)s2)cc1C#N. The summed E-state index contributed by atoms with van der Waals surface area (Å²) in [7, 11) is 0. The van der Waals surface area contributed by atoms with Crippen LogP contribution in [0.3, 0.4) is 0 Å². The first kappa shape index (κ1) is 26.6. The number of amides is 2. The molecule has 1 atom stereocenters. The number of aromatic nitrogens is 2. The van der Waals surface area contributed by atoms with Gasteiger partial charge in [0.1, 0.15) is 28.4 Å². The Bertz CT molecular complexity index is 1420. The zero-order valence-corrected chi connectivity index (χ0v) is 22.9.